The summed E-state index contributed by atoms with van der Waals surface area (Å²) >= 11 is 0. The molecule has 0 spiro atoms. The van der Waals surface area contributed by atoms with E-state index in [0.717, 1.165) is 19.6 Å². The van der Waals surface area contributed by atoms with Gasteiger partial charge in [0.15, 0.2) is 9.84 Å². The third-order valence-electron chi connectivity index (χ3n) is 3.76. The molecule has 20 heavy (non-hydrogen) atoms. The van der Waals surface area contributed by atoms with Crippen molar-refractivity contribution in [2.45, 2.75) is 31.3 Å². The molecule has 5 heteroatoms. The van der Waals surface area contributed by atoms with E-state index in [2.05, 4.69) is 19.2 Å². The predicted molar refractivity (Wildman–Crippen MR) is 80.7 cm³/mol. The molecule has 0 amide bonds. The Hall–Kier alpha value is -1.07. The van der Waals surface area contributed by atoms with Crippen molar-refractivity contribution in [1.82, 2.24) is 0 Å². The van der Waals surface area contributed by atoms with Gasteiger partial charge in [-0.15, -0.1) is 0 Å². The molecule has 1 saturated heterocycles. The second-order valence-electron chi connectivity index (χ2n) is 5.78. The molecule has 1 aliphatic heterocycles. The highest BCUT2D eigenvalue weighted by Crippen LogP contribution is 2.28. The maximum atomic E-state index is 11.8. The van der Waals surface area contributed by atoms with E-state index in [1.165, 1.54) is 6.26 Å². The monoisotopic (exact) mass is 297 g/mol. The zero-order valence-electron chi connectivity index (χ0n) is 12.3. The molecule has 1 heterocycles. The average Bonchev–Trinajstić information content (AvgIpc) is 2.84. The molecule has 0 bridgehead atoms. The normalized spacial score (nSPS) is 23.2. The third-order valence-corrected chi connectivity index (χ3v) is 4.92. The van der Waals surface area contributed by atoms with Crippen LogP contribution in [0, 0.1) is 11.8 Å². The van der Waals surface area contributed by atoms with Gasteiger partial charge in [0.2, 0.25) is 0 Å². The fourth-order valence-electron chi connectivity index (χ4n) is 2.79. The molecule has 2 atom stereocenters. The number of anilines is 1. The first-order chi connectivity index (χ1) is 9.39. The molecule has 0 aromatic heterocycles. The summed E-state index contributed by atoms with van der Waals surface area (Å²) in [6.07, 6.45) is 2.52. The quantitative estimate of drug-likeness (QED) is 0.907. The Morgan fingerprint density at radius 2 is 2.05 bits per heavy atom. The Balaban J connectivity index is 2.08. The van der Waals surface area contributed by atoms with Gasteiger partial charge >= 0.3 is 0 Å². The van der Waals surface area contributed by atoms with Crippen molar-refractivity contribution in [3.05, 3.63) is 24.3 Å². The molecule has 1 aliphatic rings. The summed E-state index contributed by atoms with van der Waals surface area (Å²) in [7, 11) is -3.20. The molecule has 0 aliphatic carbocycles. The molecule has 0 radical (unpaired) electrons. The van der Waals surface area contributed by atoms with Crippen LogP contribution in [0.3, 0.4) is 0 Å². The fourth-order valence-corrected chi connectivity index (χ4v) is 3.65. The summed E-state index contributed by atoms with van der Waals surface area (Å²) < 4.78 is 29.3. The van der Waals surface area contributed by atoms with Gasteiger partial charge in [0.1, 0.15) is 0 Å². The topological polar surface area (TPSA) is 55.4 Å². The van der Waals surface area contributed by atoms with Gasteiger partial charge in [-0.2, -0.15) is 0 Å². The summed E-state index contributed by atoms with van der Waals surface area (Å²) in [6.45, 7) is 5.86. The van der Waals surface area contributed by atoms with Crippen molar-refractivity contribution in [2.24, 2.45) is 11.8 Å². The molecular weight excluding hydrogens is 274 g/mol. The van der Waals surface area contributed by atoms with Gasteiger partial charge in [-0.3, -0.25) is 0 Å². The number of ether oxygens (including phenoxy) is 1. The van der Waals surface area contributed by atoms with Crippen LogP contribution in [0.25, 0.3) is 0 Å². The predicted octanol–water partition coefficient (Wildman–Crippen LogP) is 2.56. The van der Waals surface area contributed by atoms with Crippen LogP contribution in [0.4, 0.5) is 5.69 Å². The molecule has 1 aromatic rings. The van der Waals surface area contributed by atoms with Crippen LogP contribution >= 0.6 is 0 Å². The summed E-state index contributed by atoms with van der Waals surface area (Å²) in [5.74, 6) is 0.914. The molecule has 0 unspecified atom stereocenters. The van der Waals surface area contributed by atoms with Gasteiger partial charge < -0.3 is 10.1 Å². The lowest BCUT2D eigenvalue weighted by molar-refractivity contribution is 0.0566. The van der Waals surface area contributed by atoms with Crippen molar-refractivity contribution in [1.29, 1.82) is 0 Å². The SMILES string of the molecule is CC(C)[C@H]1OCC[C@H]1CNc1ccccc1S(C)(=O)=O. The molecular formula is C15H23NO3S. The molecule has 1 fully saturated rings. The van der Waals surface area contributed by atoms with Gasteiger partial charge in [-0.05, 0) is 24.5 Å². The highest BCUT2D eigenvalue weighted by Gasteiger charge is 2.30. The van der Waals surface area contributed by atoms with Crippen molar-refractivity contribution in [2.75, 3.05) is 24.7 Å². The van der Waals surface area contributed by atoms with Crippen molar-refractivity contribution < 1.29 is 13.2 Å². The first-order valence-electron chi connectivity index (χ1n) is 7.04. The smallest absolute Gasteiger partial charge is 0.177 e. The van der Waals surface area contributed by atoms with Crippen LogP contribution in [0.2, 0.25) is 0 Å². The number of sulfone groups is 1. The van der Waals surface area contributed by atoms with Crippen LogP contribution in [0.5, 0.6) is 0 Å². The minimum atomic E-state index is -3.20. The minimum Gasteiger partial charge on any atom is -0.384 e. The zero-order chi connectivity index (χ0) is 14.8. The molecule has 4 nitrogen and oxygen atoms in total. The molecule has 1 N–H and O–H groups in total. The number of para-hydroxylation sites is 1. The van der Waals surface area contributed by atoms with Crippen LogP contribution in [-0.4, -0.2) is 33.9 Å². The second-order valence-corrected chi connectivity index (χ2v) is 7.76. The van der Waals surface area contributed by atoms with Crippen molar-refractivity contribution in [3.8, 4) is 0 Å². The second kappa shape index (κ2) is 6.14. The van der Waals surface area contributed by atoms with E-state index in [9.17, 15) is 8.42 Å². The summed E-state index contributed by atoms with van der Waals surface area (Å²) in [4.78, 5) is 0.361. The first-order valence-corrected chi connectivity index (χ1v) is 8.93. The first kappa shape index (κ1) is 15.3. The number of nitrogens with one attached hydrogen (secondary N) is 1. The van der Waals surface area contributed by atoms with Gasteiger partial charge in [0, 0.05) is 25.3 Å². The molecule has 2 rings (SSSR count). The minimum absolute atomic E-state index is 0.257. The molecule has 0 saturated carbocycles. The van der Waals surface area contributed by atoms with Crippen molar-refractivity contribution >= 4 is 15.5 Å². The van der Waals surface area contributed by atoms with Gasteiger partial charge in [-0.25, -0.2) is 8.42 Å². The summed E-state index contributed by atoms with van der Waals surface area (Å²) in [6, 6.07) is 7.05. The lowest BCUT2D eigenvalue weighted by Gasteiger charge is -2.23. The highest BCUT2D eigenvalue weighted by atomic mass is 32.2. The Kier molecular flexibility index (Phi) is 4.70. The average molecular weight is 297 g/mol. The third kappa shape index (κ3) is 3.52. The van der Waals surface area contributed by atoms with E-state index >= 15 is 0 Å². The summed E-state index contributed by atoms with van der Waals surface area (Å²) in [5.41, 5.74) is 0.685. The molecule has 112 valence electrons. The van der Waals surface area contributed by atoms with E-state index < -0.39 is 9.84 Å². The Morgan fingerprint density at radius 3 is 2.70 bits per heavy atom. The van der Waals surface area contributed by atoms with E-state index in [4.69, 9.17) is 4.74 Å². The van der Waals surface area contributed by atoms with Crippen LogP contribution in [0.15, 0.2) is 29.2 Å². The lowest BCUT2D eigenvalue weighted by Crippen LogP contribution is -2.28. The van der Waals surface area contributed by atoms with Crippen molar-refractivity contribution in [3.63, 3.8) is 0 Å². The summed E-state index contributed by atoms with van der Waals surface area (Å²) in [5, 5.41) is 3.29. The van der Waals surface area contributed by atoms with Gasteiger partial charge in [0.25, 0.3) is 0 Å². The number of benzene rings is 1. The Bertz CT molecular complexity index is 554. The number of hydrogen-bond donors (Lipinski definition) is 1. The Labute approximate surface area is 121 Å². The number of hydrogen-bond acceptors (Lipinski definition) is 4. The van der Waals surface area contributed by atoms with E-state index in [-0.39, 0.29) is 6.10 Å². The van der Waals surface area contributed by atoms with Crippen LogP contribution in [0.1, 0.15) is 20.3 Å². The van der Waals surface area contributed by atoms with Gasteiger partial charge in [0.05, 0.1) is 16.7 Å². The van der Waals surface area contributed by atoms with E-state index in [1.54, 1.807) is 12.1 Å². The van der Waals surface area contributed by atoms with E-state index in [0.29, 0.717) is 22.4 Å². The lowest BCUT2D eigenvalue weighted by atomic mass is 9.93. The Morgan fingerprint density at radius 1 is 1.35 bits per heavy atom. The largest absolute Gasteiger partial charge is 0.384 e. The standard InChI is InChI=1S/C15H23NO3S/c1-11(2)15-12(8-9-19-15)10-16-13-6-4-5-7-14(13)20(3,17)18/h4-7,11-12,15-16H,8-10H2,1-3H3/t12-,15+/m0/s1. The maximum Gasteiger partial charge on any atom is 0.177 e. The van der Waals surface area contributed by atoms with E-state index in [1.807, 2.05) is 12.1 Å². The maximum absolute atomic E-state index is 11.8. The molecule has 1 aromatic carbocycles. The van der Waals surface area contributed by atoms with Gasteiger partial charge in [-0.1, -0.05) is 26.0 Å². The van der Waals surface area contributed by atoms with Crippen LogP contribution in [-0.2, 0) is 14.6 Å². The zero-order valence-corrected chi connectivity index (χ0v) is 13.1. The number of rotatable bonds is 5. The highest BCUT2D eigenvalue weighted by molar-refractivity contribution is 7.90. The fraction of sp³-hybridized carbons (Fsp3) is 0.600. The van der Waals surface area contributed by atoms with Crippen LogP contribution < -0.4 is 5.32 Å².